The lowest BCUT2D eigenvalue weighted by Crippen LogP contribution is -2.18. The molecule has 1 heterocycles. The van der Waals surface area contributed by atoms with Crippen molar-refractivity contribution in [3.05, 3.63) is 84.1 Å². The maximum atomic E-state index is 12.3. The molecule has 0 saturated heterocycles. The molecular formula is C21H23N3O3S. The number of aromatic nitrogens is 1. The molecule has 2 aromatic carbocycles. The molecule has 28 heavy (non-hydrogen) atoms. The van der Waals surface area contributed by atoms with Gasteiger partial charge in [-0.15, -0.1) is 0 Å². The van der Waals surface area contributed by atoms with Gasteiger partial charge < -0.3 is 10.1 Å². The van der Waals surface area contributed by atoms with Crippen molar-refractivity contribution in [1.82, 2.24) is 4.98 Å². The average molecular weight is 398 g/mol. The predicted molar refractivity (Wildman–Crippen MR) is 112 cm³/mol. The Morgan fingerprint density at radius 3 is 2.43 bits per heavy atom. The van der Waals surface area contributed by atoms with Crippen LogP contribution >= 0.6 is 0 Å². The summed E-state index contributed by atoms with van der Waals surface area (Å²) in [6.07, 6.45) is 2.05. The van der Waals surface area contributed by atoms with Crippen molar-refractivity contribution in [3.63, 3.8) is 0 Å². The van der Waals surface area contributed by atoms with Crippen LogP contribution in [0.5, 0.6) is 5.75 Å². The van der Waals surface area contributed by atoms with E-state index in [9.17, 15) is 8.42 Å². The Kier molecular flexibility index (Phi) is 6.49. The molecule has 0 spiro atoms. The number of anilines is 2. The van der Waals surface area contributed by atoms with Crippen molar-refractivity contribution >= 4 is 21.5 Å². The van der Waals surface area contributed by atoms with E-state index in [-0.39, 0.29) is 5.75 Å². The molecule has 0 aliphatic rings. The first-order valence-corrected chi connectivity index (χ1v) is 10.6. The Labute approximate surface area is 165 Å². The minimum atomic E-state index is -3.46. The van der Waals surface area contributed by atoms with E-state index < -0.39 is 10.0 Å². The molecule has 3 aromatic rings. The number of benzene rings is 2. The van der Waals surface area contributed by atoms with Crippen molar-refractivity contribution < 1.29 is 13.2 Å². The van der Waals surface area contributed by atoms with Gasteiger partial charge in [-0.2, -0.15) is 0 Å². The molecule has 0 atom stereocenters. The van der Waals surface area contributed by atoms with Crippen LogP contribution in [0.3, 0.4) is 0 Å². The number of sulfonamides is 1. The topological polar surface area (TPSA) is 80.3 Å². The normalized spacial score (nSPS) is 11.0. The number of para-hydroxylation sites is 1. The fourth-order valence-electron chi connectivity index (χ4n) is 2.71. The lowest BCUT2D eigenvalue weighted by atomic mass is 10.2. The van der Waals surface area contributed by atoms with Crippen LogP contribution in [0.25, 0.3) is 0 Å². The number of rotatable bonds is 9. The molecular weight excluding hydrogens is 374 g/mol. The molecule has 146 valence electrons. The van der Waals surface area contributed by atoms with Crippen LogP contribution in [0.2, 0.25) is 0 Å². The summed E-state index contributed by atoms with van der Waals surface area (Å²) in [6, 6.07) is 20.7. The maximum Gasteiger partial charge on any atom is 0.234 e. The monoisotopic (exact) mass is 397 g/mol. The van der Waals surface area contributed by atoms with E-state index in [1.54, 1.807) is 25.4 Å². The third kappa shape index (κ3) is 5.72. The van der Waals surface area contributed by atoms with Gasteiger partial charge in [-0.05, 0) is 30.2 Å². The van der Waals surface area contributed by atoms with E-state index in [1.807, 2.05) is 54.6 Å². The fraction of sp³-hybridized carbons (Fsp3) is 0.190. The number of nitrogens with one attached hydrogen (secondary N) is 2. The molecule has 6 nitrogen and oxygen atoms in total. The fourth-order valence-corrected chi connectivity index (χ4v) is 3.76. The number of methoxy groups -OCH3 is 1. The summed E-state index contributed by atoms with van der Waals surface area (Å²) in [5, 5.41) is 3.25. The molecule has 2 N–H and O–H groups in total. The summed E-state index contributed by atoms with van der Waals surface area (Å²) in [6.45, 7) is 0.577. The summed E-state index contributed by atoms with van der Waals surface area (Å²) < 4.78 is 32.4. The lowest BCUT2D eigenvalue weighted by molar-refractivity contribution is 0.410. The molecule has 1 aromatic heterocycles. The van der Waals surface area contributed by atoms with Gasteiger partial charge in [0, 0.05) is 12.1 Å². The van der Waals surface area contributed by atoms with Gasteiger partial charge in [0.15, 0.2) is 0 Å². The summed E-state index contributed by atoms with van der Waals surface area (Å²) >= 11 is 0. The molecule has 7 heteroatoms. The van der Waals surface area contributed by atoms with Crippen LogP contribution < -0.4 is 14.8 Å². The van der Waals surface area contributed by atoms with Crippen LogP contribution in [0.4, 0.5) is 11.5 Å². The van der Waals surface area contributed by atoms with Gasteiger partial charge in [0.05, 0.1) is 24.7 Å². The Bertz CT molecular complexity index is 991. The number of pyridine rings is 1. The van der Waals surface area contributed by atoms with Crippen LogP contribution in [-0.4, -0.2) is 26.3 Å². The molecule has 0 radical (unpaired) electrons. The second-order valence-electron chi connectivity index (χ2n) is 6.25. The highest BCUT2D eigenvalue weighted by molar-refractivity contribution is 7.92. The highest BCUT2D eigenvalue weighted by Crippen LogP contribution is 2.19. The van der Waals surface area contributed by atoms with E-state index in [1.165, 1.54) is 0 Å². The van der Waals surface area contributed by atoms with Crippen molar-refractivity contribution in [3.8, 4) is 5.75 Å². The summed E-state index contributed by atoms with van der Waals surface area (Å²) in [7, 11) is -1.82. The van der Waals surface area contributed by atoms with Crippen molar-refractivity contribution in [2.75, 3.05) is 22.9 Å². The number of aryl methyl sites for hydroxylation is 1. The zero-order valence-corrected chi connectivity index (χ0v) is 16.4. The summed E-state index contributed by atoms with van der Waals surface area (Å²) in [5.74, 6) is 1.12. The van der Waals surface area contributed by atoms with E-state index in [0.29, 0.717) is 18.8 Å². The maximum absolute atomic E-state index is 12.3. The third-order valence-electron chi connectivity index (χ3n) is 4.20. The van der Waals surface area contributed by atoms with Crippen LogP contribution in [0, 0.1) is 0 Å². The average Bonchev–Trinajstić information content (AvgIpc) is 2.72. The van der Waals surface area contributed by atoms with Gasteiger partial charge in [-0.25, -0.2) is 13.4 Å². The molecule has 0 saturated carbocycles. The van der Waals surface area contributed by atoms with Crippen LogP contribution in [-0.2, 0) is 23.0 Å². The zero-order chi connectivity index (χ0) is 19.8. The Hall–Kier alpha value is -3.06. The second kappa shape index (κ2) is 9.23. The molecule has 0 aliphatic heterocycles. The Morgan fingerprint density at radius 2 is 1.71 bits per heavy atom. The highest BCUT2D eigenvalue weighted by Gasteiger charge is 2.11. The number of nitrogens with zero attached hydrogens (tertiary/aromatic N) is 1. The van der Waals surface area contributed by atoms with E-state index in [0.717, 1.165) is 22.6 Å². The number of ether oxygens (including phenoxy) is 1. The van der Waals surface area contributed by atoms with E-state index >= 15 is 0 Å². The highest BCUT2D eigenvalue weighted by atomic mass is 32.2. The standard InChI is InChI=1S/C21H23N3O3S/c1-27-20-10-6-5-9-18(20)15-22-19-11-12-21(23-16-19)24-28(25,26)14-13-17-7-3-2-4-8-17/h2-12,16,22H,13-15H2,1H3,(H,23,24). The second-order valence-corrected chi connectivity index (χ2v) is 8.10. The van der Waals surface area contributed by atoms with Crippen LogP contribution in [0.1, 0.15) is 11.1 Å². The largest absolute Gasteiger partial charge is 0.496 e. The third-order valence-corrected chi connectivity index (χ3v) is 5.46. The molecule has 0 aliphatic carbocycles. The predicted octanol–water partition coefficient (Wildman–Crippen LogP) is 3.69. The van der Waals surface area contributed by atoms with E-state index in [4.69, 9.17) is 4.74 Å². The minimum Gasteiger partial charge on any atom is -0.496 e. The number of hydrogen-bond donors (Lipinski definition) is 2. The molecule has 0 unspecified atom stereocenters. The van der Waals surface area contributed by atoms with Gasteiger partial charge >= 0.3 is 0 Å². The Morgan fingerprint density at radius 1 is 0.964 bits per heavy atom. The first-order valence-electron chi connectivity index (χ1n) is 8.92. The first-order chi connectivity index (χ1) is 13.6. The number of hydrogen-bond acceptors (Lipinski definition) is 5. The SMILES string of the molecule is COc1ccccc1CNc1ccc(NS(=O)(=O)CCc2ccccc2)nc1. The van der Waals surface area contributed by atoms with Gasteiger partial charge in [-0.1, -0.05) is 48.5 Å². The lowest BCUT2D eigenvalue weighted by Gasteiger charge is -2.11. The minimum absolute atomic E-state index is 0.00644. The quantitative estimate of drug-likeness (QED) is 0.576. The molecule has 0 fully saturated rings. The summed E-state index contributed by atoms with van der Waals surface area (Å²) in [5.41, 5.74) is 2.80. The molecule has 0 bridgehead atoms. The molecule has 0 amide bonds. The van der Waals surface area contributed by atoms with Crippen molar-refractivity contribution in [1.29, 1.82) is 0 Å². The summed E-state index contributed by atoms with van der Waals surface area (Å²) in [4.78, 5) is 4.19. The van der Waals surface area contributed by atoms with Gasteiger partial charge in [0.1, 0.15) is 11.6 Å². The zero-order valence-electron chi connectivity index (χ0n) is 15.6. The van der Waals surface area contributed by atoms with Crippen molar-refractivity contribution in [2.45, 2.75) is 13.0 Å². The van der Waals surface area contributed by atoms with Gasteiger partial charge in [0.2, 0.25) is 10.0 Å². The smallest absolute Gasteiger partial charge is 0.234 e. The van der Waals surface area contributed by atoms with Gasteiger partial charge in [-0.3, -0.25) is 4.72 Å². The van der Waals surface area contributed by atoms with Gasteiger partial charge in [0.25, 0.3) is 0 Å². The van der Waals surface area contributed by atoms with Crippen LogP contribution in [0.15, 0.2) is 72.9 Å². The van der Waals surface area contributed by atoms with Crippen molar-refractivity contribution in [2.24, 2.45) is 0 Å². The Balaban J connectivity index is 1.55. The molecule has 3 rings (SSSR count). The van der Waals surface area contributed by atoms with E-state index in [2.05, 4.69) is 15.0 Å². The first kappa shape index (κ1) is 19.7.